The quantitative estimate of drug-likeness (QED) is 0.126. The zero-order chi connectivity index (χ0) is 34.5. The van der Waals surface area contributed by atoms with Gasteiger partial charge in [-0.3, -0.25) is 4.57 Å². The van der Waals surface area contributed by atoms with Crippen LogP contribution < -0.4 is 30.5 Å². The minimum Gasteiger partial charge on any atom is -0.355 e. The van der Waals surface area contributed by atoms with E-state index in [2.05, 4.69) is 199 Å². The SMILES string of the molecule is CC(C)c1ccnc(-n2c3ccccc3c3ccc([Si](c4ccccc4)(c4ccccc4)c4cccc(N5CN(C)c6ccccc65)c4)cc32)c1. The van der Waals surface area contributed by atoms with Gasteiger partial charge in [-0.1, -0.05) is 129 Å². The molecule has 248 valence electrons. The van der Waals surface area contributed by atoms with Gasteiger partial charge < -0.3 is 9.80 Å². The van der Waals surface area contributed by atoms with Crippen molar-refractivity contribution in [3.8, 4) is 5.82 Å². The molecule has 0 radical (unpaired) electrons. The molecule has 0 fully saturated rings. The van der Waals surface area contributed by atoms with E-state index in [-0.39, 0.29) is 0 Å². The van der Waals surface area contributed by atoms with Gasteiger partial charge in [-0.2, -0.15) is 0 Å². The van der Waals surface area contributed by atoms with Crippen LogP contribution in [0.15, 0.2) is 170 Å². The van der Waals surface area contributed by atoms with E-state index in [1.807, 2.05) is 6.20 Å². The first-order valence-corrected chi connectivity index (χ1v) is 19.8. The summed E-state index contributed by atoms with van der Waals surface area (Å²) in [4.78, 5) is 9.75. The van der Waals surface area contributed by atoms with Crippen molar-refractivity contribution in [1.82, 2.24) is 9.55 Å². The fourth-order valence-electron chi connectivity index (χ4n) is 8.25. The lowest BCUT2D eigenvalue weighted by molar-refractivity contribution is 0.858. The molecule has 0 atom stereocenters. The van der Waals surface area contributed by atoms with Crippen LogP contribution in [0.1, 0.15) is 25.3 Å². The minimum absolute atomic E-state index is 0.404. The van der Waals surface area contributed by atoms with Crippen LogP contribution in [0.5, 0.6) is 0 Å². The number of hydrogen-bond donors (Lipinski definition) is 0. The van der Waals surface area contributed by atoms with Crippen LogP contribution in [0.2, 0.25) is 0 Å². The molecule has 0 spiro atoms. The molecule has 0 bridgehead atoms. The number of rotatable bonds is 7. The Labute approximate surface area is 300 Å². The maximum absolute atomic E-state index is 4.98. The van der Waals surface area contributed by atoms with Crippen LogP contribution in [0, 0.1) is 0 Å². The van der Waals surface area contributed by atoms with Crippen LogP contribution in [0.4, 0.5) is 17.1 Å². The van der Waals surface area contributed by atoms with E-state index < -0.39 is 8.07 Å². The Kier molecular flexibility index (Phi) is 7.59. The molecule has 5 heteroatoms. The monoisotopic (exact) mass is 676 g/mol. The Balaban J connectivity index is 1.35. The lowest BCUT2D eigenvalue weighted by Gasteiger charge is -2.35. The van der Waals surface area contributed by atoms with Gasteiger partial charge in [-0.05, 0) is 80.8 Å². The number of para-hydroxylation sites is 3. The van der Waals surface area contributed by atoms with Gasteiger partial charge >= 0.3 is 0 Å². The van der Waals surface area contributed by atoms with Crippen LogP contribution in [0.25, 0.3) is 27.6 Å². The highest BCUT2D eigenvalue weighted by molar-refractivity contribution is 7.20. The van der Waals surface area contributed by atoms with E-state index in [0.717, 1.165) is 12.5 Å². The number of fused-ring (bicyclic) bond motifs is 4. The van der Waals surface area contributed by atoms with Crippen molar-refractivity contribution in [3.05, 3.63) is 176 Å². The summed E-state index contributed by atoms with van der Waals surface area (Å²) in [5, 5.41) is 7.88. The van der Waals surface area contributed by atoms with E-state index in [9.17, 15) is 0 Å². The van der Waals surface area contributed by atoms with Crippen molar-refractivity contribution in [2.75, 3.05) is 23.5 Å². The maximum atomic E-state index is 4.98. The second-order valence-electron chi connectivity index (χ2n) is 14.0. The Bertz CT molecular complexity index is 2480. The van der Waals surface area contributed by atoms with Gasteiger partial charge in [0.2, 0.25) is 0 Å². The highest BCUT2D eigenvalue weighted by Gasteiger charge is 2.42. The predicted octanol–water partition coefficient (Wildman–Crippen LogP) is 8.22. The summed E-state index contributed by atoms with van der Waals surface area (Å²) < 4.78 is 2.38. The first-order chi connectivity index (χ1) is 25.0. The van der Waals surface area contributed by atoms with Gasteiger partial charge in [0.15, 0.2) is 8.07 Å². The molecular formula is C46H40N4Si. The summed E-state index contributed by atoms with van der Waals surface area (Å²) in [5.74, 6) is 1.36. The van der Waals surface area contributed by atoms with E-state index in [1.54, 1.807) is 0 Å². The smallest absolute Gasteiger partial charge is 0.179 e. The largest absolute Gasteiger partial charge is 0.355 e. The molecular weight excluding hydrogens is 637 g/mol. The third kappa shape index (κ3) is 4.99. The zero-order valence-electron chi connectivity index (χ0n) is 29.2. The van der Waals surface area contributed by atoms with Gasteiger partial charge in [0.25, 0.3) is 0 Å². The Morgan fingerprint density at radius 1 is 0.549 bits per heavy atom. The van der Waals surface area contributed by atoms with Crippen LogP contribution in [-0.4, -0.2) is 31.3 Å². The summed E-state index contributed by atoms with van der Waals surface area (Å²) in [5.41, 5.74) is 7.33. The van der Waals surface area contributed by atoms with E-state index >= 15 is 0 Å². The first-order valence-electron chi connectivity index (χ1n) is 17.8. The molecule has 8 aromatic rings. The van der Waals surface area contributed by atoms with Crippen molar-refractivity contribution in [2.24, 2.45) is 0 Å². The molecule has 0 N–H and O–H groups in total. The second-order valence-corrected chi connectivity index (χ2v) is 17.8. The number of nitrogens with zero attached hydrogens (tertiary/aromatic N) is 4. The fraction of sp³-hybridized carbons (Fsp3) is 0.109. The Hall–Kier alpha value is -5.91. The van der Waals surface area contributed by atoms with Crippen molar-refractivity contribution in [2.45, 2.75) is 19.8 Å². The molecule has 0 unspecified atom stereocenters. The predicted molar refractivity (Wildman–Crippen MR) is 218 cm³/mol. The van der Waals surface area contributed by atoms with Crippen molar-refractivity contribution < 1.29 is 0 Å². The average molecular weight is 677 g/mol. The van der Waals surface area contributed by atoms with Gasteiger partial charge in [0.1, 0.15) is 5.82 Å². The Morgan fingerprint density at radius 2 is 1.18 bits per heavy atom. The number of anilines is 3. The van der Waals surface area contributed by atoms with Crippen LogP contribution in [-0.2, 0) is 0 Å². The minimum atomic E-state index is -2.88. The van der Waals surface area contributed by atoms with Crippen LogP contribution in [0.3, 0.4) is 0 Å². The third-order valence-electron chi connectivity index (χ3n) is 10.7. The fourth-order valence-corrected chi connectivity index (χ4v) is 13.0. The molecule has 0 aliphatic carbocycles. The molecule has 3 heterocycles. The zero-order valence-corrected chi connectivity index (χ0v) is 30.2. The molecule has 1 aliphatic heterocycles. The van der Waals surface area contributed by atoms with E-state index in [4.69, 9.17) is 4.98 Å². The topological polar surface area (TPSA) is 24.3 Å². The third-order valence-corrected chi connectivity index (χ3v) is 15.5. The number of aromatic nitrogens is 2. The second kappa shape index (κ2) is 12.4. The highest BCUT2D eigenvalue weighted by Crippen LogP contribution is 2.39. The van der Waals surface area contributed by atoms with E-state index in [0.29, 0.717) is 5.92 Å². The Morgan fingerprint density at radius 3 is 1.92 bits per heavy atom. The van der Waals surface area contributed by atoms with Gasteiger partial charge in [0.05, 0.1) is 29.1 Å². The van der Waals surface area contributed by atoms with E-state index in [1.165, 1.54) is 65.2 Å². The summed E-state index contributed by atoms with van der Waals surface area (Å²) in [6.07, 6.45) is 1.96. The number of benzene rings is 6. The van der Waals surface area contributed by atoms with Gasteiger partial charge in [-0.25, -0.2) is 4.98 Å². The number of hydrogen-bond acceptors (Lipinski definition) is 3. The molecule has 51 heavy (non-hydrogen) atoms. The molecule has 1 aliphatic rings. The molecule has 0 saturated carbocycles. The molecule has 2 aromatic heterocycles. The molecule has 9 rings (SSSR count). The van der Waals surface area contributed by atoms with Gasteiger partial charge in [0, 0.05) is 29.7 Å². The highest BCUT2D eigenvalue weighted by atomic mass is 28.3. The summed E-state index contributed by atoms with van der Waals surface area (Å²) >= 11 is 0. The standard InChI is InChI=1S/C46H40N4Si/c1-33(2)34-27-28-47-46(29-34)50-42-22-11-10-21-40(42)41-26-25-39(31-45(41)50)51(36-16-6-4-7-17-36,37-18-8-5-9-19-37)38-20-14-15-35(30-38)49-32-48(3)43-23-12-13-24-44(43)49/h4-31,33H,32H2,1-3H3. The lowest BCUT2D eigenvalue weighted by atomic mass is 10.1. The van der Waals surface area contributed by atoms with Crippen molar-refractivity contribution in [1.29, 1.82) is 0 Å². The maximum Gasteiger partial charge on any atom is 0.179 e. The van der Waals surface area contributed by atoms with Gasteiger partial charge in [-0.15, -0.1) is 0 Å². The molecule has 0 saturated heterocycles. The van der Waals surface area contributed by atoms with Crippen LogP contribution >= 0.6 is 0 Å². The molecule has 6 aromatic carbocycles. The lowest BCUT2D eigenvalue weighted by Crippen LogP contribution is -2.74. The van der Waals surface area contributed by atoms with Crippen molar-refractivity contribution in [3.63, 3.8) is 0 Å². The summed E-state index contributed by atoms with van der Waals surface area (Å²) in [6, 6.07) is 60.9. The normalized spacial score (nSPS) is 13.0. The molecule has 4 nitrogen and oxygen atoms in total. The molecule has 0 amide bonds. The summed E-state index contributed by atoms with van der Waals surface area (Å²) in [6.45, 7) is 5.30. The first kappa shape index (κ1) is 31.1. The number of pyridine rings is 1. The summed E-state index contributed by atoms with van der Waals surface area (Å²) in [7, 11) is -0.707. The average Bonchev–Trinajstić information content (AvgIpc) is 3.70. The van der Waals surface area contributed by atoms with Crippen molar-refractivity contribution >= 4 is 67.7 Å².